The molecule has 0 radical (unpaired) electrons. The number of aryl methyl sites for hydroxylation is 1. The van der Waals surface area contributed by atoms with Gasteiger partial charge in [0.25, 0.3) is 0 Å². The Kier molecular flexibility index (Phi) is 5.63. The third-order valence-corrected chi connectivity index (χ3v) is 4.06. The number of hydrogen-bond donors (Lipinski definition) is 1. The highest BCUT2D eigenvalue weighted by Gasteiger charge is 2.13. The van der Waals surface area contributed by atoms with Crippen LogP contribution < -0.4 is 10.1 Å². The molecule has 0 saturated carbocycles. The number of amides is 1. The van der Waals surface area contributed by atoms with E-state index in [1.807, 2.05) is 61.5 Å². The summed E-state index contributed by atoms with van der Waals surface area (Å²) in [6.07, 6.45) is 0.692. The zero-order valence-electron chi connectivity index (χ0n) is 14.8. The Morgan fingerprint density at radius 2 is 1.88 bits per heavy atom. The molecule has 26 heavy (non-hydrogen) atoms. The number of methoxy groups -OCH3 is 1. The minimum atomic E-state index is -0.0504. The summed E-state index contributed by atoms with van der Waals surface area (Å²) in [6, 6.07) is 17.2. The lowest BCUT2D eigenvalue weighted by Crippen LogP contribution is -2.26. The molecule has 1 atom stereocenters. The minimum Gasteiger partial charge on any atom is -0.497 e. The molecule has 1 amide bonds. The van der Waals surface area contributed by atoms with Gasteiger partial charge in [0.15, 0.2) is 0 Å². The molecule has 6 heteroatoms. The second kappa shape index (κ2) is 8.29. The van der Waals surface area contributed by atoms with E-state index in [1.165, 1.54) is 0 Å². The highest BCUT2D eigenvalue weighted by atomic mass is 16.5. The Morgan fingerprint density at radius 3 is 2.58 bits per heavy atom. The molecule has 0 aliphatic heterocycles. The summed E-state index contributed by atoms with van der Waals surface area (Å²) < 4.78 is 10.4. The largest absolute Gasteiger partial charge is 0.497 e. The monoisotopic (exact) mass is 351 g/mol. The first-order valence-corrected chi connectivity index (χ1v) is 8.47. The van der Waals surface area contributed by atoms with E-state index in [1.54, 1.807) is 7.11 Å². The van der Waals surface area contributed by atoms with E-state index in [2.05, 4.69) is 15.5 Å². The van der Waals surface area contributed by atoms with Crippen molar-refractivity contribution in [3.63, 3.8) is 0 Å². The van der Waals surface area contributed by atoms with Crippen LogP contribution >= 0.6 is 0 Å². The fraction of sp³-hybridized carbons (Fsp3) is 0.250. The summed E-state index contributed by atoms with van der Waals surface area (Å²) in [7, 11) is 1.62. The quantitative estimate of drug-likeness (QED) is 0.704. The molecule has 0 spiro atoms. The maximum Gasteiger partial charge on any atom is 0.227 e. The Balaban J connectivity index is 1.53. The van der Waals surface area contributed by atoms with Crippen LogP contribution in [0.2, 0.25) is 0 Å². The Morgan fingerprint density at radius 1 is 1.15 bits per heavy atom. The standard InChI is InChI=1S/C20H21N3O3/c1-14(15-6-4-3-5-7-15)21-18(24)12-13-19-22-20(23-26-19)16-8-10-17(25-2)11-9-16/h3-11,14H,12-13H2,1-2H3,(H,21,24)/t14-/m1/s1. The molecule has 134 valence electrons. The Labute approximate surface area is 152 Å². The van der Waals surface area contributed by atoms with E-state index in [4.69, 9.17) is 9.26 Å². The number of aromatic nitrogens is 2. The van der Waals surface area contributed by atoms with Gasteiger partial charge in [-0.05, 0) is 36.8 Å². The van der Waals surface area contributed by atoms with Crippen molar-refractivity contribution in [1.29, 1.82) is 0 Å². The highest BCUT2D eigenvalue weighted by Crippen LogP contribution is 2.20. The number of benzene rings is 2. The van der Waals surface area contributed by atoms with Gasteiger partial charge in [0.2, 0.25) is 17.6 Å². The van der Waals surface area contributed by atoms with Gasteiger partial charge in [-0.15, -0.1) is 0 Å². The molecule has 1 N–H and O–H groups in total. The molecule has 6 nitrogen and oxygen atoms in total. The normalized spacial score (nSPS) is 11.8. The topological polar surface area (TPSA) is 77.2 Å². The van der Waals surface area contributed by atoms with Gasteiger partial charge in [0, 0.05) is 18.4 Å². The number of hydrogen-bond acceptors (Lipinski definition) is 5. The van der Waals surface area contributed by atoms with Crippen molar-refractivity contribution in [1.82, 2.24) is 15.5 Å². The first-order valence-electron chi connectivity index (χ1n) is 8.47. The van der Waals surface area contributed by atoms with Crippen LogP contribution in [0.4, 0.5) is 0 Å². The number of carbonyl (C=O) groups is 1. The average molecular weight is 351 g/mol. The third-order valence-electron chi connectivity index (χ3n) is 4.06. The van der Waals surface area contributed by atoms with Crippen molar-refractivity contribution in [2.45, 2.75) is 25.8 Å². The maximum atomic E-state index is 12.1. The summed E-state index contributed by atoms with van der Waals surface area (Å²) in [5.41, 5.74) is 1.91. The Hall–Kier alpha value is -3.15. The molecule has 0 unspecified atom stereocenters. The SMILES string of the molecule is COc1ccc(-c2noc(CCC(=O)N[C@H](C)c3ccccc3)n2)cc1. The lowest BCUT2D eigenvalue weighted by molar-refractivity contribution is -0.121. The van der Waals surface area contributed by atoms with Gasteiger partial charge in [-0.25, -0.2) is 0 Å². The van der Waals surface area contributed by atoms with E-state index in [0.717, 1.165) is 16.9 Å². The molecule has 0 saturated heterocycles. The van der Waals surface area contributed by atoms with E-state index in [-0.39, 0.29) is 11.9 Å². The van der Waals surface area contributed by atoms with Crippen LogP contribution in [0, 0.1) is 0 Å². The van der Waals surface area contributed by atoms with Crippen molar-refractivity contribution in [2.75, 3.05) is 7.11 Å². The van der Waals surface area contributed by atoms with Gasteiger partial charge in [0.05, 0.1) is 13.2 Å². The number of nitrogens with one attached hydrogen (secondary N) is 1. The van der Waals surface area contributed by atoms with Gasteiger partial charge in [0.1, 0.15) is 5.75 Å². The van der Waals surface area contributed by atoms with Crippen LogP contribution in [0.3, 0.4) is 0 Å². The number of rotatable bonds is 7. The molecule has 3 aromatic rings. The predicted molar refractivity (Wildman–Crippen MR) is 97.6 cm³/mol. The highest BCUT2D eigenvalue weighted by molar-refractivity contribution is 5.76. The molecule has 0 bridgehead atoms. The second-order valence-electron chi connectivity index (χ2n) is 5.94. The summed E-state index contributed by atoms with van der Waals surface area (Å²) in [4.78, 5) is 16.5. The van der Waals surface area contributed by atoms with Crippen molar-refractivity contribution in [2.24, 2.45) is 0 Å². The van der Waals surface area contributed by atoms with Crippen LogP contribution in [0.1, 0.15) is 30.8 Å². The summed E-state index contributed by atoms with van der Waals surface area (Å²) >= 11 is 0. The summed E-state index contributed by atoms with van der Waals surface area (Å²) in [5, 5.41) is 6.94. The summed E-state index contributed by atoms with van der Waals surface area (Å²) in [5.74, 6) is 1.66. The van der Waals surface area contributed by atoms with Gasteiger partial charge in [-0.3, -0.25) is 4.79 Å². The number of ether oxygens (including phenoxy) is 1. The van der Waals surface area contributed by atoms with Crippen LogP contribution in [-0.4, -0.2) is 23.2 Å². The van der Waals surface area contributed by atoms with Crippen molar-refractivity contribution < 1.29 is 14.1 Å². The minimum absolute atomic E-state index is 0.0405. The van der Waals surface area contributed by atoms with Gasteiger partial charge in [-0.2, -0.15) is 4.98 Å². The zero-order chi connectivity index (χ0) is 18.4. The molecule has 2 aromatic carbocycles. The fourth-order valence-electron chi connectivity index (χ4n) is 2.57. The van der Waals surface area contributed by atoms with Gasteiger partial charge >= 0.3 is 0 Å². The molecule has 0 aliphatic rings. The van der Waals surface area contributed by atoms with Crippen LogP contribution in [0.15, 0.2) is 59.1 Å². The zero-order valence-corrected chi connectivity index (χ0v) is 14.8. The van der Waals surface area contributed by atoms with Gasteiger partial charge < -0.3 is 14.6 Å². The average Bonchev–Trinajstić information content (AvgIpc) is 3.16. The molecule has 0 fully saturated rings. The molecule has 1 aromatic heterocycles. The molecule has 0 aliphatic carbocycles. The summed E-state index contributed by atoms with van der Waals surface area (Å²) in [6.45, 7) is 1.96. The number of carbonyl (C=O) groups excluding carboxylic acids is 1. The van der Waals surface area contributed by atoms with Crippen molar-refractivity contribution in [3.05, 3.63) is 66.1 Å². The lowest BCUT2D eigenvalue weighted by Gasteiger charge is -2.13. The fourth-order valence-corrected chi connectivity index (χ4v) is 2.57. The maximum absolute atomic E-state index is 12.1. The smallest absolute Gasteiger partial charge is 0.227 e. The van der Waals surface area contributed by atoms with E-state index in [0.29, 0.717) is 24.6 Å². The number of nitrogens with zero attached hydrogens (tertiary/aromatic N) is 2. The second-order valence-corrected chi connectivity index (χ2v) is 5.94. The van der Waals surface area contributed by atoms with E-state index < -0.39 is 0 Å². The molecule has 1 heterocycles. The van der Waals surface area contributed by atoms with Crippen molar-refractivity contribution in [3.8, 4) is 17.1 Å². The predicted octanol–water partition coefficient (Wildman–Crippen LogP) is 3.56. The van der Waals surface area contributed by atoms with E-state index >= 15 is 0 Å². The van der Waals surface area contributed by atoms with E-state index in [9.17, 15) is 4.79 Å². The molecular formula is C20H21N3O3. The van der Waals surface area contributed by atoms with Crippen LogP contribution in [0.25, 0.3) is 11.4 Å². The van der Waals surface area contributed by atoms with Crippen LogP contribution in [-0.2, 0) is 11.2 Å². The lowest BCUT2D eigenvalue weighted by atomic mass is 10.1. The third kappa shape index (κ3) is 4.47. The van der Waals surface area contributed by atoms with Crippen molar-refractivity contribution >= 4 is 5.91 Å². The molecule has 3 rings (SSSR count). The first-order chi connectivity index (χ1) is 12.7. The first kappa shape index (κ1) is 17.7. The Bertz CT molecular complexity index is 844. The van der Waals surface area contributed by atoms with Crippen LogP contribution in [0.5, 0.6) is 5.75 Å². The molecular weight excluding hydrogens is 330 g/mol. The van der Waals surface area contributed by atoms with Gasteiger partial charge in [-0.1, -0.05) is 35.5 Å².